The fraction of sp³-hybridized carbons (Fsp3) is 0.273. The van der Waals surface area contributed by atoms with E-state index in [1.165, 1.54) is 12.1 Å². The molecule has 1 saturated heterocycles. The quantitative estimate of drug-likeness (QED) is 0.715. The average molecular weight is 399 g/mol. The maximum atomic E-state index is 13.4. The van der Waals surface area contributed by atoms with E-state index in [2.05, 4.69) is 6.92 Å². The molecule has 4 nitrogen and oxygen atoms in total. The summed E-state index contributed by atoms with van der Waals surface area (Å²) in [7, 11) is 0. The van der Waals surface area contributed by atoms with E-state index in [1.807, 2.05) is 4.90 Å². The van der Waals surface area contributed by atoms with Crippen molar-refractivity contribution < 1.29 is 14.0 Å². The number of nitrogens with zero attached hydrogens (tertiary/aromatic N) is 2. The van der Waals surface area contributed by atoms with Crippen LogP contribution in [0.15, 0.2) is 54.2 Å². The van der Waals surface area contributed by atoms with Crippen molar-refractivity contribution in [2.75, 3.05) is 18.0 Å². The number of carbonyl (C=O) groups excluding carboxylic acids is 2. The Hall–Kier alpha value is -2.66. The first-order valence-corrected chi connectivity index (χ1v) is 9.73. The molecular formula is C22H20ClFN2O2. The Balaban J connectivity index is 1.85. The fourth-order valence-corrected chi connectivity index (χ4v) is 4.15. The zero-order chi connectivity index (χ0) is 19.8. The monoisotopic (exact) mass is 398 g/mol. The van der Waals surface area contributed by atoms with Crippen LogP contribution in [0, 0.1) is 11.7 Å². The van der Waals surface area contributed by atoms with Crippen molar-refractivity contribution >= 4 is 34.7 Å². The zero-order valence-corrected chi connectivity index (χ0v) is 16.2. The number of hydrogen-bond donors (Lipinski definition) is 0. The molecule has 28 heavy (non-hydrogen) atoms. The van der Waals surface area contributed by atoms with Gasteiger partial charge in [-0.1, -0.05) is 42.8 Å². The molecule has 0 spiro atoms. The molecule has 2 heterocycles. The first kappa shape index (κ1) is 18.7. The van der Waals surface area contributed by atoms with Gasteiger partial charge in [-0.3, -0.25) is 9.59 Å². The minimum Gasteiger partial charge on any atom is -0.366 e. The van der Waals surface area contributed by atoms with Gasteiger partial charge in [-0.15, -0.1) is 0 Å². The first-order valence-electron chi connectivity index (χ1n) is 9.36. The van der Waals surface area contributed by atoms with E-state index in [0.717, 1.165) is 17.7 Å². The summed E-state index contributed by atoms with van der Waals surface area (Å²) in [4.78, 5) is 29.9. The molecule has 6 heteroatoms. The van der Waals surface area contributed by atoms with Gasteiger partial charge >= 0.3 is 0 Å². The molecule has 0 aliphatic carbocycles. The fourth-order valence-electron chi connectivity index (χ4n) is 3.93. The van der Waals surface area contributed by atoms with Gasteiger partial charge in [-0.2, -0.15) is 0 Å². The molecule has 144 valence electrons. The standard InChI is InChI=1S/C22H20ClFN2O2/c1-14-5-4-12-25(13-14)20-19(15-8-10-16(24)11-9-15)21(27)26(22(20)28)18-7-3-2-6-17(18)23/h2-3,6-11,14H,4-5,12-13H2,1H3. The third-order valence-electron chi connectivity index (χ3n) is 5.26. The molecule has 2 aromatic rings. The molecule has 0 N–H and O–H groups in total. The van der Waals surface area contributed by atoms with Crippen LogP contribution in [0.5, 0.6) is 0 Å². The number of benzene rings is 2. The SMILES string of the molecule is CC1CCCN(C2=C(c3ccc(F)cc3)C(=O)N(c3ccccc3Cl)C2=O)C1. The predicted molar refractivity (Wildman–Crippen MR) is 107 cm³/mol. The van der Waals surface area contributed by atoms with Gasteiger partial charge in [0.15, 0.2) is 0 Å². The van der Waals surface area contributed by atoms with Gasteiger partial charge in [0, 0.05) is 13.1 Å². The van der Waals surface area contributed by atoms with E-state index in [9.17, 15) is 14.0 Å². The molecule has 0 radical (unpaired) electrons. The van der Waals surface area contributed by atoms with E-state index in [0.29, 0.717) is 46.6 Å². The largest absolute Gasteiger partial charge is 0.366 e. The Bertz CT molecular complexity index is 971. The van der Waals surface area contributed by atoms with Crippen molar-refractivity contribution in [2.24, 2.45) is 5.92 Å². The molecule has 0 saturated carbocycles. The van der Waals surface area contributed by atoms with E-state index >= 15 is 0 Å². The van der Waals surface area contributed by atoms with Crippen LogP contribution in [-0.2, 0) is 9.59 Å². The van der Waals surface area contributed by atoms with E-state index in [-0.39, 0.29) is 5.91 Å². The lowest BCUT2D eigenvalue weighted by Gasteiger charge is -2.33. The van der Waals surface area contributed by atoms with Crippen molar-refractivity contribution in [3.05, 3.63) is 70.6 Å². The number of likely N-dealkylation sites (tertiary alicyclic amines) is 1. The number of anilines is 1. The lowest BCUT2D eigenvalue weighted by Crippen LogP contribution is -2.39. The molecule has 2 aliphatic heterocycles. The van der Waals surface area contributed by atoms with E-state index in [1.54, 1.807) is 36.4 Å². The molecule has 1 atom stereocenters. The summed E-state index contributed by atoms with van der Waals surface area (Å²) in [5.41, 5.74) is 1.57. The number of carbonyl (C=O) groups is 2. The molecule has 1 fully saturated rings. The molecule has 2 aromatic carbocycles. The van der Waals surface area contributed by atoms with Gasteiger partial charge in [0.2, 0.25) is 0 Å². The number of rotatable bonds is 3. The normalized spacial score (nSPS) is 20.3. The highest BCUT2D eigenvalue weighted by atomic mass is 35.5. The van der Waals surface area contributed by atoms with Crippen LogP contribution >= 0.6 is 11.6 Å². The highest BCUT2D eigenvalue weighted by Gasteiger charge is 2.43. The van der Waals surface area contributed by atoms with Crippen molar-refractivity contribution in [3.63, 3.8) is 0 Å². The summed E-state index contributed by atoms with van der Waals surface area (Å²) < 4.78 is 13.4. The van der Waals surface area contributed by atoms with Gasteiger partial charge in [0.05, 0.1) is 16.3 Å². The number of halogens is 2. The van der Waals surface area contributed by atoms with Crippen molar-refractivity contribution in [3.8, 4) is 0 Å². The van der Waals surface area contributed by atoms with Gasteiger partial charge in [-0.05, 0) is 48.6 Å². The Morgan fingerprint density at radius 2 is 1.75 bits per heavy atom. The lowest BCUT2D eigenvalue weighted by molar-refractivity contribution is -0.120. The number of hydrogen-bond acceptors (Lipinski definition) is 3. The molecule has 4 rings (SSSR count). The van der Waals surface area contributed by atoms with Crippen molar-refractivity contribution in [1.82, 2.24) is 4.90 Å². The summed E-state index contributed by atoms with van der Waals surface area (Å²) in [6.07, 6.45) is 2.04. The molecule has 0 aromatic heterocycles. The van der Waals surface area contributed by atoms with Crippen LogP contribution in [0.25, 0.3) is 5.57 Å². The maximum Gasteiger partial charge on any atom is 0.282 e. The number of piperidine rings is 1. The summed E-state index contributed by atoms with van der Waals surface area (Å²) in [6.45, 7) is 3.55. The number of imide groups is 1. The van der Waals surface area contributed by atoms with Gasteiger partial charge in [0.25, 0.3) is 11.8 Å². The van der Waals surface area contributed by atoms with E-state index in [4.69, 9.17) is 11.6 Å². The third-order valence-corrected chi connectivity index (χ3v) is 5.58. The predicted octanol–water partition coefficient (Wildman–Crippen LogP) is 4.50. The number of amides is 2. The van der Waals surface area contributed by atoms with Crippen LogP contribution in [0.3, 0.4) is 0 Å². The van der Waals surface area contributed by atoms with Crippen LogP contribution in [-0.4, -0.2) is 29.8 Å². The Morgan fingerprint density at radius 3 is 2.43 bits per heavy atom. The zero-order valence-electron chi connectivity index (χ0n) is 15.5. The lowest BCUT2D eigenvalue weighted by atomic mass is 9.98. The van der Waals surface area contributed by atoms with Crippen LogP contribution in [0.1, 0.15) is 25.3 Å². The Labute approximate surface area is 168 Å². The molecule has 0 bridgehead atoms. The molecule has 2 amide bonds. The Kier molecular flexibility index (Phi) is 4.94. The van der Waals surface area contributed by atoms with Crippen molar-refractivity contribution in [1.29, 1.82) is 0 Å². The summed E-state index contributed by atoms with van der Waals surface area (Å²) in [5, 5.41) is 0.330. The average Bonchev–Trinajstić information content (AvgIpc) is 2.93. The minimum absolute atomic E-state index is 0.305. The van der Waals surface area contributed by atoms with Gasteiger partial charge in [0.1, 0.15) is 11.5 Å². The highest BCUT2D eigenvalue weighted by Crippen LogP contribution is 2.38. The van der Waals surface area contributed by atoms with Crippen LogP contribution < -0.4 is 4.90 Å². The molecular weight excluding hydrogens is 379 g/mol. The summed E-state index contributed by atoms with van der Waals surface area (Å²) in [5.74, 6) is -0.783. The topological polar surface area (TPSA) is 40.6 Å². The Morgan fingerprint density at radius 1 is 1.04 bits per heavy atom. The van der Waals surface area contributed by atoms with E-state index < -0.39 is 11.7 Å². The third kappa shape index (κ3) is 3.20. The summed E-state index contributed by atoms with van der Waals surface area (Å²) in [6, 6.07) is 12.5. The second kappa shape index (κ2) is 7.40. The minimum atomic E-state index is -0.432. The van der Waals surface area contributed by atoms with Crippen molar-refractivity contribution in [2.45, 2.75) is 19.8 Å². The molecule has 2 aliphatic rings. The number of para-hydroxylation sites is 1. The second-order valence-corrected chi connectivity index (χ2v) is 7.73. The van der Waals surface area contributed by atoms with Crippen LogP contribution in [0.4, 0.5) is 10.1 Å². The maximum absolute atomic E-state index is 13.4. The van der Waals surface area contributed by atoms with Crippen LogP contribution in [0.2, 0.25) is 5.02 Å². The second-order valence-electron chi connectivity index (χ2n) is 7.32. The highest BCUT2D eigenvalue weighted by molar-refractivity contribution is 6.47. The summed E-state index contributed by atoms with van der Waals surface area (Å²) >= 11 is 6.28. The van der Waals surface area contributed by atoms with Gasteiger partial charge in [-0.25, -0.2) is 9.29 Å². The van der Waals surface area contributed by atoms with Gasteiger partial charge < -0.3 is 4.90 Å². The molecule has 1 unspecified atom stereocenters. The first-order chi connectivity index (χ1) is 13.5. The smallest absolute Gasteiger partial charge is 0.282 e.